The lowest BCUT2D eigenvalue weighted by molar-refractivity contribution is -0.135. The van der Waals surface area contributed by atoms with E-state index in [1.807, 2.05) is 31.2 Å². The van der Waals surface area contributed by atoms with Gasteiger partial charge in [-0.25, -0.2) is 0 Å². The van der Waals surface area contributed by atoms with Crippen LogP contribution in [0.3, 0.4) is 0 Å². The lowest BCUT2D eigenvalue weighted by Gasteiger charge is -2.22. The second-order valence-electron chi connectivity index (χ2n) is 5.76. The molecule has 0 bridgehead atoms. The second-order valence-corrected chi connectivity index (χ2v) is 5.76. The van der Waals surface area contributed by atoms with Gasteiger partial charge in [-0.05, 0) is 25.1 Å². The number of amides is 2. The number of aryl methyl sites for hydroxylation is 1. The number of methoxy groups -OCH3 is 1. The Morgan fingerprint density at radius 3 is 2.71 bits per heavy atom. The molecule has 1 aromatic carbocycles. The highest BCUT2D eigenvalue weighted by atomic mass is 16.5. The van der Waals surface area contributed by atoms with Crippen LogP contribution in [-0.2, 0) is 14.3 Å². The topological polar surface area (TPSA) is 67.9 Å². The summed E-state index contributed by atoms with van der Waals surface area (Å²) in [5.74, 6) is 0.307. The van der Waals surface area contributed by atoms with Crippen molar-refractivity contribution in [2.24, 2.45) is 0 Å². The number of benzene rings is 1. The van der Waals surface area contributed by atoms with Crippen molar-refractivity contribution in [2.45, 2.75) is 25.5 Å². The Hall–Kier alpha value is -2.34. The van der Waals surface area contributed by atoms with Gasteiger partial charge >= 0.3 is 0 Å². The van der Waals surface area contributed by atoms with Crippen LogP contribution in [0.4, 0.5) is 0 Å². The zero-order chi connectivity index (χ0) is 17.5. The van der Waals surface area contributed by atoms with Crippen molar-refractivity contribution in [1.29, 1.82) is 0 Å². The van der Waals surface area contributed by atoms with Crippen LogP contribution in [0, 0.1) is 6.92 Å². The fraction of sp³-hybridized carbons (Fsp3) is 0.444. The van der Waals surface area contributed by atoms with Crippen molar-refractivity contribution >= 4 is 11.8 Å². The monoisotopic (exact) mass is 332 g/mol. The predicted octanol–water partition coefficient (Wildman–Crippen LogP) is 1.29. The molecule has 2 atom stereocenters. The maximum atomic E-state index is 12.3. The first kappa shape index (κ1) is 18.0. The summed E-state index contributed by atoms with van der Waals surface area (Å²) in [5.41, 5.74) is 1.16. The van der Waals surface area contributed by atoms with Gasteiger partial charge in [0.05, 0.1) is 12.6 Å². The van der Waals surface area contributed by atoms with Crippen molar-refractivity contribution in [1.82, 2.24) is 10.2 Å². The van der Waals surface area contributed by atoms with Crippen LogP contribution in [0.1, 0.15) is 12.0 Å². The summed E-state index contributed by atoms with van der Waals surface area (Å²) in [6.45, 7) is 6.63. The van der Waals surface area contributed by atoms with Crippen molar-refractivity contribution in [3.05, 3.63) is 42.5 Å². The van der Waals surface area contributed by atoms with E-state index < -0.39 is 6.04 Å². The summed E-state index contributed by atoms with van der Waals surface area (Å²) in [6, 6.07) is 7.19. The molecule has 6 nitrogen and oxygen atoms in total. The van der Waals surface area contributed by atoms with E-state index in [0.29, 0.717) is 26.1 Å². The summed E-state index contributed by atoms with van der Waals surface area (Å²) in [5, 5.41) is 2.81. The molecule has 0 aliphatic carbocycles. The number of rotatable bonds is 7. The molecule has 2 rings (SSSR count). The van der Waals surface area contributed by atoms with E-state index in [2.05, 4.69) is 11.9 Å². The van der Waals surface area contributed by atoms with E-state index in [0.717, 1.165) is 11.3 Å². The third-order valence-electron chi connectivity index (χ3n) is 4.05. The highest BCUT2D eigenvalue weighted by molar-refractivity contribution is 5.93. The lowest BCUT2D eigenvalue weighted by Crippen LogP contribution is -2.46. The third-order valence-corrected chi connectivity index (χ3v) is 4.05. The maximum Gasteiger partial charge on any atom is 0.246 e. The molecule has 24 heavy (non-hydrogen) atoms. The van der Waals surface area contributed by atoms with Crippen molar-refractivity contribution < 1.29 is 19.1 Å². The maximum absolute atomic E-state index is 12.3. The highest BCUT2D eigenvalue weighted by Gasteiger charge is 2.38. The van der Waals surface area contributed by atoms with Crippen molar-refractivity contribution in [3.8, 4) is 5.75 Å². The molecule has 1 aromatic rings. The first-order chi connectivity index (χ1) is 11.5. The van der Waals surface area contributed by atoms with Gasteiger partial charge < -0.3 is 19.7 Å². The van der Waals surface area contributed by atoms with Crippen LogP contribution in [0.2, 0.25) is 0 Å². The molecule has 1 heterocycles. The smallest absolute Gasteiger partial charge is 0.246 e. The quantitative estimate of drug-likeness (QED) is 0.603. The van der Waals surface area contributed by atoms with E-state index in [1.54, 1.807) is 7.11 Å². The third kappa shape index (κ3) is 4.58. The molecule has 2 amide bonds. The van der Waals surface area contributed by atoms with Gasteiger partial charge in [-0.2, -0.15) is 0 Å². The molecule has 130 valence electrons. The molecule has 0 saturated carbocycles. The first-order valence-electron chi connectivity index (χ1n) is 7.98. The van der Waals surface area contributed by atoms with Crippen LogP contribution in [0.5, 0.6) is 5.75 Å². The van der Waals surface area contributed by atoms with Gasteiger partial charge in [-0.3, -0.25) is 9.59 Å². The van der Waals surface area contributed by atoms with Gasteiger partial charge in [0.2, 0.25) is 11.8 Å². The fourth-order valence-electron chi connectivity index (χ4n) is 2.67. The second kappa shape index (κ2) is 8.49. The Kier molecular flexibility index (Phi) is 6.37. The molecule has 0 spiro atoms. The molecule has 0 aromatic heterocycles. The number of hydrogen-bond donors (Lipinski definition) is 1. The van der Waals surface area contributed by atoms with Gasteiger partial charge in [0.25, 0.3) is 0 Å². The molecule has 6 heteroatoms. The fourth-order valence-corrected chi connectivity index (χ4v) is 2.67. The number of nitrogens with one attached hydrogen (secondary N) is 1. The molecule has 1 aliphatic heterocycles. The summed E-state index contributed by atoms with van der Waals surface area (Å²) >= 11 is 0. The van der Waals surface area contributed by atoms with Crippen LogP contribution in [0.25, 0.3) is 0 Å². The number of nitrogens with zero attached hydrogens (tertiary/aromatic N) is 1. The van der Waals surface area contributed by atoms with E-state index in [4.69, 9.17) is 9.47 Å². The SMILES string of the molecule is C=CC(=O)N1C[C@@H](OC)C[C@H]1C(=O)NCCOc1ccc(C)cc1. The van der Waals surface area contributed by atoms with Crippen molar-refractivity contribution in [2.75, 3.05) is 26.8 Å². The summed E-state index contributed by atoms with van der Waals surface area (Å²) < 4.78 is 10.9. The molecule has 1 N–H and O–H groups in total. The number of ether oxygens (including phenoxy) is 2. The van der Waals surface area contributed by atoms with Gasteiger partial charge in [-0.15, -0.1) is 0 Å². The number of likely N-dealkylation sites (tertiary alicyclic amines) is 1. The van der Waals surface area contributed by atoms with Crippen LogP contribution in [0.15, 0.2) is 36.9 Å². The highest BCUT2D eigenvalue weighted by Crippen LogP contribution is 2.20. The molecule has 0 unspecified atom stereocenters. The predicted molar refractivity (Wildman–Crippen MR) is 90.8 cm³/mol. The minimum atomic E-state index is -0.528. The van der Waals surface area contributed by atoms with Gasteiger partial charge in [0.1, 0.15) is 18.4 Å². The molecule has 0 radical (unpaired) electrons. The molecule has 1 fully saturated rings. The summed E-state index contributed by atoms with van der Waals surface area (Å²) in [4.78, 5) is 25.7. The molecular formula is C18H24N2O4. The number of carbonyl (C=O) groups is 2. The molecule has 1 saturated heterocycles. The Bertz CT molecular complexity index is 585. The Balaban J connectivity index is 1.81. The van der Waals surface area contributed by atoms with E-state index in [-0.39, 0.29) is 17.9 Å². The normalized spacial score (nSPS) is 19.8. The van der Waals surface area contributed by atoms with Gasteiger partial charge in [0.15, 0.2) is 0 Å². The van der Waals surface area contributed by atoms with Gasteiger partial charge in [-0.1, -0.05) is 24.3 Å². The summed E-state index contributed by atoms with van der Waals surface area (Å²) in [6.07, 6.45) is 1.58. The molecule has 1 aliphatic rings. The van der Waals surface area contributed by atoms with Gasteiger partial charge in [0, 0.05) is 20.1 Å². The van der Waals surface area contributed by atoms with Crippen LogP contribution in [-0.4, -0.2) is 55.7 Å². The lowest BCUT2D eigenvalue weighted by atomic mass is 10.2. The van der Waals surface area contributed by atoms with E-state index in [9.17, 15) is 9.59 Å². The number of hydrogen-bond acceptors (Lipinski definition) is 4. The van der Waals surface area contributed by atoms with Crippen LogP contribution < -0.4 is 10.1 Å². The van der Waals surface area contributed by atoms with E-state index in [1.165, 1.54) is 11.0 Å². The Morgan fingerprint density at radius 2 is 2.08 bits per heavy atom. The minimum absolute atomic E-state index is 0.131. The zero-order valence-corrected chi connectivity index (χ0v) is 14.2. The largest absolute Gasteiger partial charge is 0.492 e. The average molecular weight is 332 g/mol. The first-order valence-corrected chi connectivity index (χ1v) is 7.98. The Labute approximate surface area is 142 Å². The number of carbonyl (C=O) groups excluding carboxylic acids is 2. The van der Waals surface area contributed by atoms with Crippen molar-refractivity contribution in [3.63, 3.8) is 0 Å². The zero-order valence-electron chi connectivity index (χ0n) is 14.2. The molecular weight excluding hydrogens is 308 g/mol. The average Bonchev–Trinajstić information content (AvgIpc) is 3.04. The van der Waals surface area contributed by atoms with E-state index >= 15 is 0 Å². The van der Waals surface area contributed by atoms with Crippen LogP contribution >= 0.6 is 0 Å². The summed E-state index contributed by atoms with van der Waals surface area (Å²) in [7, 11) is 1.58. The minimum Gasteiger partial charge on any atom is -0.492 e. The Morgan fingerprint density at radius 1 is 1.38 bits per heavy atom. The standard InChI is InChI=1S/C18H24N2O4/c1-4-17(21)20-12-15(23-3)11-16(20)18(22)19-9-10-24-14-7-5-13(2)6-8-14/h4-8,15-16H,1,9-12H2,2-3H3,(H,19,22)/t15-,16-/m0/s1.